The van der Waals surface area contributed by atoms with Crippen LogP contribution in [0.15, 0.2) is 23.2 Å². The minimum atomic E-state index is -3.86. The Kier molecular flexibility index (Phi) is 4.47. The predicted octanol–water partition coefficient (Wildman–Crippen LogP) is 3.29. The maximum Gasteiger partial charge on any atom is 0.291 e. The molecule has 1 fully saturated rings. The van der Waals surface area contributed by atoms with E-state index in [1.54, 1.807) is 13.2 Å². The molecule has 1 aliphatic heterocycles. The summed E-state index contributed by atoms with van der Waals surface area (Å²) >= 11 is 0.768. The number of carbonyl (C=O) groups is 1. The quantitative estimate of drug-likeness (QED) is 0.621. The maximum absolute atomic E-state index is 13.1. The molecule has 8 nitrogen and oxygen atoms in total. The zero-order chi connectivity index (χ0) is 22.1. The van der Waals surface area contributed by atoms with Gasteiger partial charge >= 0.3 is 0 Å². The van der Waals surface area contributed by atoms with Crippen LogP contribution >= 0.6 is 11.3 Å². The number of nitrogens with one attached hydrogen (secondary N) is 1. The van der Waals surface area contributed by atoms with Crippen molar-refractivity contribution >= 4 is 43.9 Å². The highest BCUT2D eigenvalue weighted by Crippen LogP contribution is 2.42. The number of hydrogen-bond donors (Lipinski definition) is 1. The van der Waals surface area contributed by atoms with E-state index in [1.807, 2.05) is 11.5 Å². The fourth-order valence-electron chi connectivity index (χ4n) is 3.77. The molecule has 3 aromatic rings. The molecule has 3 heterocycles. The minimum absolute atomic E-state index is 0.0160. The molecule has 164 valence electrons. The van der Waals surface area contributed by atoms with Crippen molar-refractivity contribution in [1.82, 2.24) is 19.5 Å². The fraction of sp³-hybridized carbons (Fsp3) is 0.421. The zero-order valence-corrected chi connectivity index (χ0v) is 18.4. The van der Waals surface area contributed by atoms with Crippen molar-refractivity contribution in [2.75, 3.05) is 11.9 Å². The van der Waals surface area contributed by atoms with Crippen LogP contribution in [0, 0.1) is 0 Å². The third-order valence-electron chi connectivity index (χ3n) is 5.78. The Labute approximate surface area is 180 Å². The molecule has 5 rings (SSSR count). The van der Waals surface area contributed by atoms with E-state index in [0.29, 0.717) is 28.7 Å². The molecule has 0 bridgehead atoms. The summed E-state index contributed by atoms with van der Waals surface area (Å²) in [7, 11) is -2.25. The number of nitrogens with zero attached hydrogens (tertiary/aromatic N) is 4. The highest BCUT2D eigenvalue weighted by Gasteiger charge is 2.41. The number of benzene rings is 1. The van der Waals surface area contributed by atoms with Crippen molar-refractivity contribution < 1.29 is 22.0 Å². The molecule has 0 atom stereocenters. The molecule has 0 saturated heterocycles. The Hall–Kier alpha value is -2.44. The van der Waals surface area contributed by atoms with Crippen LogP contribution < -0.4 is 9.62 Å². The standard InChI is InChI=1S/C19H19F2N5O3S2/c1-19(4-5-19)24-31(28,29)10-7-11-12(17-22-23-18(30-17)16(20)21)9-26-6-3-14(27)25(2)13(8-10)15(11)26/h7-9,16,24H,3-6H2,1-2H3. The smallest absolute Gasteiger partial charge is 0.291 e. The Morgan fingerprint density at radius 1 is 1.26 bits per heavy atom. The van der Waals surface area contributed by atoms with Crippen LogP contribution in [0.2, 0.25) is 0 Å². The molecular formula is C19H19F2N5O3S2. The third-order valence-corrected chi connectivity index (χ3v) is 8.36. The van der Waals surface area contributed by atoms with Crippen molar-refractivity contribution in [3.8, 4) is 10.6 Å². The molecule has 2 aliphatic rings. The molecule has 0 spiro atoms. The lowest BCUT2D eigenvalue weighted by molar-refractivity contribution is -0.118. The monoisotopic (exact) mass is 467 g/mol. The number of aryl methyl sites for hydroxylation is 1. The molecule has 0 unspecified atom stereocenters. The average molecular weight is 468 g/mol. The maximum atomic E-state index is 13.1. The van der Waals surface area contributed by atoms with Crippen LogP contribution in [-0.2, 0) is 21.4 Å². The van der Waals surface area contributed by atoms with Crippen molar-refractivity contribution in [1.29, 1.82) is 0 Å². The molecule has 1 N–H and O–H groups in total. The number of sulfonamides is 1. The molecule has 31 heavy (non-hydrogen) atoms. The number of hydrogen-bond acceptors (Lipinski definition) is 6. The van der Waals surface area contributed by atoms with Gasteiger partial charge in [0, 0.05) is 42.7 Å². The van der Waals surface area contributed by atoms with Gasteiger partial charge in [-0.2, -0.15) is 0 Å². The van der Waals surface area contributed by atoms with Gasteiger partial charge in [-0.25, -0.2) is 21.9 Å². The van der Waals surface area contributed by atoms with Gasteiger partial charge in [-0.3, -0.25) is 4.79 Å². The normalized spacial score (nSPS) is 18.1. The van der Waals surface area contributed by atoms with Crippen LogP contribution in [-0.4, -0.2) is 41.7 Å². The molecule has 2 aromatic heterocycles. The van der Waals surface area contributed by atoms with E-state index in [1.165, 1.54) is 17.0 Å². The second-order valence-electron chi connectivity index (χ2n) is 8.19. The van der Waals surface area contributed by atoms with E-state index in [0.717, 1.165) is 24.2 Å². The van der Waals surface area contributed by atoms with E-state index in [-0.39, 0.29) is 22.2 Å². The number of alkyl halides is 2. The number of rotatable bonds is 5. The number of amides is 1. The van der Waals surface area contributed by atoms with Gasteiger partial charge in [0.25, 0.3) is 6.43 Å². The summed E-state index contributed by atoms with van der Waals surface area (Å²) in [5, 5.41) is 7.86. The first kappa shape index (κ1) is 20.5. The fourth-order valence-corrected chi connectivity index (χ4v) is 6.00. The third kappa shape index (κ3) is 3.42. The Morgan fingerprint density at radius 3 is 2.65 bits per heavy atom. The second kappa shape index (κ2) is 6.78. The van der Waals surface area contributed by atoms with Crippen LogP contribution in [0.5, 0.6) is 0 Å². The van der Waals surface area contributed by atoms with Crippen LogP contribution in [0.1, 0.15) is 37.6 Å². The Morgan fingerprint density at radius 2 is 2.00 bits per heavy atom. The summed E-state index contributed by atoms with van der Waals surface area (Å²) in [5.74, 6) is -0.140. The highest BCUT2D eigenvalue weighted by atomic mass is 32.2. The van der Waals surface area contributed by atoms with Gasteiger partial charge in [-0.15, -0.1) is 10.2 Å². The molecule has 1 amide bonds. The van der Waals surface area contributed by atoms with Gasteiger partial charge < -0.3 is 9.47 Å². The molecule has 1 saturated carbocycles. The summed E-state index contributed by atoms with van der Waals surface area (Å²) < 4.78 is 56.9. The second-order valence-corrected chi connectivity index (χ2v) is 10.9. The van der Waals surface area contributed by atoms with Gasteiger partial charge in [0.05, 0.1) is 16.1 Å². The molecule has 12 heteroatoms. The Bertz CT molecular complexity index is 1330. The summed E-state index contributed by atoms with van der Waals surface area (Å²) in [6.07, 6.45) is 0.718. The number of anilines is 1. The van der Waals surface area contributed by atoms with E-state index in [4.69, 9.17) is 0 Å². The van der Waals surface area contributed by atoms with Gasteiger partial charge in [0.1, 0.15) is 5.01 Å². The first-order chi connectivity index (χ1) is 14.6. The van der Waals surface area contributed by atoms with E-state index in [9.17, 15) is 22.0 Å². The lowest BCUT2D eigenvalue weighted by atomic mass is 10.1. The number of aromatic nitrogens is 3. The summed E-state index contributed by atoms with van der Waals surface area (Å²) in [6.45, 7) is 2.22. The first-order valence-corrected chi connectivity index (χ1v) is 12.0. The molecule has 1 aliphatic carbocycles. The summed E-state index contributed by atoms with van der Waals surface area (Å²) in [5.41, 5.74) is 1.15. The Balaban J connectivity index is 1.75. The van der Waals surface area contributed by atoms with Crippen molar-refractivity contribution in [3.05, 3.63) is 23.3 Å². The summed E-state index contributed by atoms with van der Waals surface area (Å²) in [6, 6.07) is 3.01. The van der Waals surface area contributed by atoms with E-state index < -0.39 is 27.0 Å². The number of carbonyl (C=O) groups excluding carboxylic acids is 1. The summed E-state index contributed by atoms with van der Waals surface area (Å²) in [4.78, 5) is 14.0. The molecular weight excluding hydrogens is 448 g/mol. The van der Waals surface area contributed by atoms with E-state index in [2.05, 4.69) is 14.9 Å². The average Bonchev–Trinajstić information content (AvgIpc) is 3.14. The largest absolute Gasteiger partial charge is 0.345 e. The van der Waals surface area contributed by atoms with Crippen LogP contribution in [0.4, 0.5) is 14.5 Å². The van der Waals surface area contributed by atoms with E-state index >= 15 is 0 Å². The van der Waals surface area contributed by atoms with Gasteiger partial charge in [-0.1, -0.05) is 11.3 Å². The predicted molar refractivity (Wildman–Crippen MR) is 112 cm³/mol. The lowest BCUT2D eigenvalue weighted by Gasteiger charge is -2.19. The zero-order valence-electron chi connectivity index (χ0n) is 16.7. The van der Waals surface area contributed by atoms with Gasteiger partial charge in [-0.05, 0) is 31.9 Å². The lowest BCUT2D eigenvalue weighted by Crippen LogP contribution is -2.34. The highest BCUT2D eigenvalue weighted by molar-refractivity contribution is 7.89. The van der Waals surface area contributed by atoms with Crippen molar-refractivity contribution in [2.45, 2.75) is 49.6 Å². The van der Waals surface area contributed by atoms with Gasteiger partial charge in [0.2, 0.25) is 15.9 Å². The van der Waals surface area contributed by atoms with Crippen molar-refractivity contribution in [2.24, 2.45) is 0 Å². The minimum Gasteiger partial charge on any atom is -0.345 e. The molecule has 1 aromatic carbocycles. The van der Waals surface area contributed by atoms with Crippen LogP contribution in [0.25, 0.3) is 21.5 Å². The SMILES string of the molecule is CN1C(=O)CCn2cc(-c3nnc(C(F)F)s3)c3cc(S(=O)(=O)NC4(C)CC4)cc1c32. The van der Waals surface area contributed by atoms with Crippen LogP contribution in [0.3, 0.4) is 0 Å². The first-order valence-electron chi connectivity index (χ1n) is 9.67. The topological polar surface area (TPSA) is 97.2 Å². The van der Waals surface area contributed by atoms with Gasteiger partial charge in [0.15, 0.2) is 5.01 Å². The number of halogens is 2. The van der Waals surface area contributed by atoms with Crippen molar-refractivity contribution in [3.63, 3.8) is 0 Å². The molecule has 0 radical (unpaired) electrons.